The number of rotatable bonds is 5. The van der Waals surface area contributed by atoms with Gasteiger partial charge in [0.05, 0.1) is 0 Å². The summed E-state index contributed by atoms with van der Waals surface area (Å²) in [7, 11) is 0. The lowest BCUT2D eigenvalue weighted by molar-refractivity contribution is 0.187. The molecule has 1 saturated carbocycles. The first-order chi connectivity index (χ1) is 9.61. The largest absolute Gasteiger partial charge is 0.337 e. The van der Waals surface area contributed by atoms with Gasteiger partial charge in [0, 0.05) is 30.1 Å². The van der Waals surface area contributed by atoms with E-state index in [1.807, 2.05) is 30.9 Å². The number of amides is 2. The van der Waals surface area contributed by atoms with Crippen molar-refractivity contribution in [1.29, 1.82) is 0 Å². The summed E-state index contributed by atoms with van der Waals surface area (Å²) in [6.45, 7) is 6.21. The maximum atomic E-state index is 12.1. The molecule has 0 unspecified atom stereocenters. The van der Waals surface area contributed by atoms with Crippen LogP contribution >= 0.6 is 11.6 Å². The van der Waals surface area contributed by atoms with Crippen LogP contribution < -0.4 is 5.32 Å². The maximum absolute atomic E-state index is 12.1. The zero-order chi connectivity index (χ0) is 14.6. The van der Waals surface area contributed by atoms with Crippen molar-refractivity contribution in [3.63, 3.8) is 0 Å². The molecule has 2 amide bonds. The summed E-state index contributed by atoms with van der Waals surface area (Å²) in [6, 6.07) is 8.08. The van der Waals surface area contributed by atoms with E-state index in [0.717, 1.165) is 31.0 Å². The normalized spacial score (nSPS) is 16.4. The summed E-state index contributed by atoms with van der Waals surface area (Å²) in [4.78, 5) is 13.9. The predicted molar refractivity (Wildman–Crippen MR) is 83.3 cm³/mol. The van der Waals surface area contributed by atoms with Crippen LogP contribution in [0.15, 0.2) is 24.3 Å². The fourth-order valence-electron chi connectivity index (χ4n) is 2.84. The molecule has 1 aliphatic rings. The minimum atomic E-state index is 0.0373. The molecule has 110 valence electrons. The van der Waals surface area contributed by atoms with E-state index in [-0.39, 0.29) is 11.4 Å². The number of hydrogen-bond acceptors (Lipinski definition) is 1. The standard InChI is InChI=1S/C16H23ClN2O/c1-3-19(4-2)15(20)18-12-16(10-5-11-16)13-6-8-14(17)9-7-13/h6-9H,3-5,10-12H2,1-2H3,(H,18,20). The molecule has 0 aromatic heterocycles. The molecule has 20 heavy (non-hydrogen) atoms. The molecule has 0 atom stereocenters. The summed E-state index contributed by atoms with van der Waals surface area (Å²) in [5.74, 6) is 0. The van der Waals surface area contributed by atoms with Crippen LogP contribution in [0.3, 0.4) is 0 Å². The molecule has 0 saturated heterocycles. The summed E-state index contributed by atoms with van der Waals surface area (Å²) < 4.78 is 0. The molecular weight excluding hydrogens is 272 g/mol. The molecule has 3 nitrogen and oxygen atoms in total. The van der Waals surface area contributed by atoms with Crippen molar-refractivity contribution >= 4 is 17.6 Å². The van der Waals surface area contributed by atoms with Crippen LogP contribution in [0.5, 0.6) is 0 Å². The van der Waals surface area contributed by atoms with Crippen molar-refractivity contribution in [2.75, 3.05) is 19.6 Å². The Morgan fingerprint density at radius 2 is 1.85 bits per heavy atom. The van der Waals surface area contributed by atoms with Crippen molar-refractivity contribution in [2.24, 2.45) is 0 Å². The number of benzene rings is 1. The number of urea groups is 1. The number of nitrogens with one attached hydrogen (secondary N) is 1. The van der Waals surface area contributed by atoms with Crippen molar-refractivity contribution in [3.05, 3.63) is 34.9 Å². The number of hydrogen-bond donors (Lipinski definition) is 1. The van der Waals surface area contributed by atoms with Crippen LogP contribution in [-0.2, 0) is 5.41 Å². The van der Waals surface area contributed by atoms with E-state index in [4.69, 9.17) is 11.6 Å². The van der Waals surface area contributed by atoms with E-state index >= 15 is 0 Å². The highest BCUT2D eigenvalue weighted by Gasteiger charge is 2.38. The first kappa shape index (κ1) is 15.2. The van der Waals surface area contributed by atoms with E-state index in [1.165, 1.54) is 12.0 Å². The Labute approximate surface area is 126 Å². The minimum absolute atomic E-state index is 0.0373. The minimum Gasteiger partial charge on any atom is -0.337 e. The summed E-state index contributed by atoms with van der Waals surface area (Å²) >= 11 is 5.95. The summed E-state index contributed by atoms with van der Waals surface area (Å²) in [5.41, 5.74) is 1.39. The van der Waals surface area contributed by atoms with E-state index in [1.54, 1.807) is 0 Å². The van der Waals surface area contributed by atoms with Crippen LogP contribution in [0.4, 0.5) is 4.79 Å². The van der Waals surface area contributed by atoms with Gasteiger partial charge in [0.25, 0.3) is 0 Å². The molecule has 0 heterocycles. The van der Waals surface area contributed by atoms with Crippen LogP contribution in [0.1, 0.15) is 38.7 Å². The Balaban J connectivity index is 2.02. The van der Waals surface area contributed by atoms with Gasteiger partial charge in [-0.15, -0.1) is 0 Å². The molecule has 1 aliphatic carbocycles. The van der Waals surface area contributed by atoms with Gasteiger partial charge in [-0.05, 0) is 44.4 Å². The van der Waals surface area contributed by atoms with Crippen molar-refractivity contribution in [1.82, 2.24) is 10.2 Å². The van der Waals surface area contributed by atoms with Gasteiger partial charge in [-0.2, -0.15) is 0 Å². The van der Waals surface area contributed by atoms with E-state index in [9.17, 15) is 4.79 Å². The van der Waals surface area contributed by atoms with Gasteiger partial charge in [0.1, 0.15) is 0 Å². The lowest BCUT2D eigenvalue weighted by atomic mass is 9.64. The highest BCUT2D eigenvalue weighted by molar-refractivity contribution is 6.30. The average molecular weight is 295 g/mol. The number of carbonyl (C=O) groups excluding carboxylic acids is 1. The fraction of sp³-hybridized carbons (Fsp3) is 0.562. The van der Waals surface area contributed by atoms with Gasteiger partial charge in [-0.3, -0.25) is 0 Å². The van der Waals surface area contributed by atoms with Crippen molar-refractivity contribution < 1.29 is 4.79 Å². The molecule has 1 N–H and O–H groups in total. The Morgan fingerprint density at radius 3 is 2.30 bits per heavy atom. The molecule has 0 radical (unpaired) electrons. The Bertz CT molecular complexity index is 450. The molecule has 1 fully saturated rings. The number of halogens is 1. The number of carbonyl (C=O) groups is 1. The second-order valence-electron chi connectivity index (χ2n) is 5.47. The Kier molecular flexibility index (Phi) is 4.92. The van der Waals surface area contributed by atoms with Crippen molar-refractivity contribution in [2.45, 2.75) is 38.5 Å². The molecule has 1 aromatic rings. The van der Waals surface area contributed by atoms with Crippen LogP contribution in [0.25, 0.3) is 0 Å². The summed E-state index contributed by atoms with van der Waals surface area (Å²) in [6.07, 6.45) is 3.49. The van der Waals surface area contributed by atoms with E-state index in [0.29, 0.717) is 6.54 Å². The van der Waals surface area contributed by atoms with Gasteiger partial charge in [-0.25, -0.2) is 4.79 Å². The molecular formula is C16H23ClN2O. The second kappa shape index (κ2) is 6.49. The highest BCUT2D eigenvalue weighted by Crippen LogP contribution is 2.43. The first-order valence-corrected chi connectivity index (χ1v) is 7.78. The van der Waals surface area contributed by atoms with Gasteiger partial charge >= 0.3 is 6.03 Å². The van der Waals surface area contributed by atoms with Gasteiger partial charge in [0.2, 0.25) is 0 Å². The van der Waals surface area contributed by atoms with Gasteiger partial charge < -0.3 is 10.2 Å². The lowest BCUT2D eigenvalue weighted by Gasteiger charge is -2.43. The molecule has 0 spiro atoms. The third-order valence-electron chi connectivity index (χ3n) is 4.40. The van der Waals surface area contributed by atoms with Gasteiger partial charge in [-0.1, -0.05) is 30.2 Å². The highest BCUT2D eigenvalue weighted by atomic mass is 35.5. The molecule has 4 heteroatoms. The third kappa shape index (κ3) is 3.09. The van der Waals surface area contributed by atoms with Crippen molar-refractivity contribution in [3.8, 4) is 0 Å². The Morgan fingerprint density at radius 1 is 1.25 bits per heavy atom. The van der Waals surface area contributed by atoms with E-state index in [2.05, 4.69) is 17.4 Å². The molecule has 0 bridgehead atoms. The maximum Gasteiger partial charge on any atom is 0.317 e. The SMILES string of the molecule is CCN(CC)C(=O)NCC1(c2ccc(Cl)cc2)CCC1. The molecule has 0 aliphatic heterocycles. The quantitative estimate of drug-likeness (QED) is 0.880. The second-order valence-corrected chi connectivity index (χ2v) is 5.91. The number of nitrogens with zero attached hydrogens (tertiary/aromatic N) is 1. The first-order valence-electron chi connectivity index (χ1n) is 7.40. The monoisotopic (exact) mass is 294 g/mol. The zero-order valence-corrected chi connectivity index (χ0v) is 13.0. The van der Waals surface area contributed by atoms with Crippen LogP contribution in [0, 0.1) is 0 Å². The zero-order valence-electron chi connectivity index (χ0n) is 12.3. The molecule has 1 aromatic carbocycles. The van der Waals surface area contributed by atoms with Crippen LogP contribution in [0.2, 0.25) is 5.02 Å². The topological polar surface area (TPSA) is 32.3 Å². The van der Waals surface area contributed by atoms with Crippen LogP contribution in [-0.4, -0.2) is 30.6 Å². The predicted octanol–water partition coefficient (Wildman–Crippen LogP) is 3.81. The fourth-order valence-corrected chi connectivity index (χ4v) is 2.97. The molecule has 2 rings (SSSR count). The lowest BCUT2D eigenvalue weighted by Crippen LogP contribution is -2.49. The average Bonchev–Trinajstić information content (AvgIpc) is 2.41. The summed E-state index contributed by atoms with van der Waals surface area (Å²) in [5, 5.41) is 3.85. The van der Waals surface area contributed by atoms with Gasteiger partial charge in [0.15, 0.2) is 0 Å². The smallest absolute Gasteiger partial charge is 0.317 e. The third-order valence-corrected chi connectivity index (χ3v) is 4.65. The van der Waals surface area contributed by atoms with E-state index < -0.39 is 0 Å². The Hall–Kier alpha value is -1.22.